The number of carbonyl (C=O) groups excluding carboxylic acids is 1. The molecule has 2 N–H and O–H groups in total. The maximum absolute atomic E-state index is 13.5. The summed E-state index contributed by atoms with van der Waals surface area (Å²) in [4.78, 5) is 16.8. The van der Waals surface area contributed by atoms with Crippen molar-refractivity contribution in [1.82, 2.24) is 4.98 Å². The molecular formula is C29H23BrClFN4O3. The Morgan fingerprint density at radius 1 is 1.18 bits per heavy atom. The molecule has 0 unspecified atom stereocenters. The lowest BCUT2D eigenvalue weighted by Gasteiger charge is -2.16. The highest BCUT2D eigenvalue weighted by Gasteiger charge is 2.16. The average molecular weight is 610 g/mol. The molecule has 198 valence electrons. The van der Waals surface area contributed by atoms with Crippen LogP contribution in [0.2, 0.25) is 5.02 Å². The van der Waals surface area contributed by atoms with E-state index in [0.29, 0.717) is 67.6 Å². The fourth-order valence-electron chi connectivity index (χ4n) is 3.77. The van der Waals surface area contributed by atoms with Crippen molar-refractivity contribution < 1.29 is 18.7 Å². The summed E-state index contributed by atoms with van der Waals surface area (Å²) >= 11 is 9.73. The number of nitriles is 1. The molecule has 0 atom stereocenters. The van der Waals surface area contributed by atoms with Crippen molar-refractivity contribution in [2.75, 3.05) is 22.6 Å². The van der Waals surface area contributed by atoms with Crippen molar-refractivity contribution in [1.29, 1.82) is 5.26 Å². The van der Waals surface area contributed by atoms with Gasteiger partial charge in [0.1, 0.15) is 30.0 Å². The van der Waals surface area contributed by atoms with E-state index in [1.165, 1.54) is 24.4 Å². The molecule has 7 nitrogen and oxygen atoms in total. The van der Waals surface area contributed by atoms with Crippen LogP contribution in [0.3, 0.4) is 0 Å². The summed E-state index contributed by atoms with van der Waals surface area (Å²) in [5.41, 5.74) is 3.06. The summed E-state index contributed by atoms with van der Waals surface area (Å²) in [6.07, 6.45) is 4.56. The molecule has 1 aromatic heterocycles. The van der Waals surface area contributed by atoms with E-state index in [9.17, 15) is 14.4 Å². The number of carbonyl (C=O) groups is 1. The SMILES string of the molecule is CCOc1cc2ncc(C#N)c(Nc3ccc(OCc4cccc(F)c4)c(Cl)c3)c2cc1NC(=O)/C=C/CBr. The molecule has 0 radical (unpaired) electrons. The van der Waals surface area contributed by atoms with E-state index in [2.05, 4.69) is 37.6 Å². The highest BCUT2D eigenvalue weighted by atomic mass is 79.9. The highest BCUT2D eigenvalue weighted by molar-refractivity contribution is 9.09. The standard InChI is InChI=1S/C29H23BrClFN4O3/c1-2-38-27-14-24-22(13-25(27)36-28(37)7-4-10-30)29(19(15-33)16-34-24)35-21-8-9-26(23(31)12-21)39-17-18-5-3-6-20(32)11-18/h3-9,11-14,16H,2,10,17H2,1H3,(H,34,35)(H,36,37)/b7-4+. The molecule has 1 amide bonds. The zero-order valence-electron chi connectivity index (χ0n) is 20.8. The van der Waals surface area contributed by atoms with E-state index >= 15 is 0 Å². The van der Waals surface area contributed by atoms with Crippen LogP contribution < -0.4 is 20.1 Å². The van der Waals surface area contributed by atoms with E-state index in [4.69, 9.17) is 21.1 Å². The Bertz CT molecular complexity index is 1590. The van der Waals surface area contributed by atoms with Gasteiger partial charge in [-0.3, -0.25) is 9.78 Å². The fraction of sp³-hybridized carbons (Fsp3) is 0.138. The first-order valence-corrected chi connectivity index (χ1v) is 13.4. The van der Waals surface area contributed by atoms with Crippen molar-refractivity contribution in [3.05, 3.63) is 94.9 Å². The molecule has 0 aliphatic heterocycles. The van der Waals surface area contributed by atoms with E-state index in [1.54, 1.807) is 48.5 Å². The lowest BCUT2D eigenvalue weighted by Crippen LogP contribution is -2.10. The number of ether oxygens (including phenoxy) is 2. The number of halogens is 3. The zero-order valence-corrected chi connectivity index (χ0v) is 23.1. The van der Waals surface area contributed by atoms with Gasteiger partial charge in [0.25, 0.3) is 0 Å². The second-order valence-electron chi connectivity index (χ2n) is 8.19. The van der Waals surface area contributed by atoms with Crippen LogP contribution in [0.25, 0.3) is 10.9 Å². The molecule has 0 saturated carbocycles. The Hall–Kier alpha value is -4.13. The van der Waals surface area contributed by atoms with Gasteiger partial charge in [0, 0.05) is 34.7 Å². The first-order chi connectivity index (χ1) is 18.9. The Balaban J connectivity index is 1.66. The lowest BCUT2D eigenvalue weighted by atomic mass is 10.1. The first kappa shape index (κ1) is 27.9. The van der Waals surface area contributed by atoms with Gasteiger partial charge in [-0.15, -0.1) is 0 Å². The van der Waals surface area contributed by atoms with Crippen LogP contribution in [0.4, 0.5) is 21.5 Å². The van der Waals surface area contributed by atoms with Crippen LogP contribution in [-0.4, -0.2) is 22.8 Å². The maximum Gasteiger partial charge on any atom is 0.248 e. The van der Waals surface area contributed by atoms with Gasteiger partial charge >= 0.3 is 0 Å². The van der Waals surface area contributed by atoms with Gasteiger partial charge in [-0.05, 0) is 48.9 Å². The van der Waals surface area contributed by atoms with E-state index < -0.39 is 0 Å². The molecule has 0 saturated heterocycles. The molecule has 0 aliphatic carbocycles. The number of hydrogen-bond acceptors (Lipinski definition) is 6. The number of rotatable bonds is 10. The number of amides is 1. The number of benzene rings is 3. The number of allylic oxidation sites excluding steroid dienone is 1. The summed E-state index contributed by atoms with van der Waals surface area (Å²) in [5.74, 6) is 0.214. The molecule has 0 spiro atoms. The minimum Gasteiger partial charge on any atom is -0.492 e. The van der Waals surface area contributed by atoms with Crippen molar-refractivity contribution in [3.8, 4) is 17.6 Å². The number of hydrogen-bond donors (Lipinski definition) is 2. The van der Waals surface area contributed by atoms with Crippen LogP contribution in [-0.2, 0) is 11.4 Å². The van der Waals surface area contributed by atoms with Crippen LogP contribution >= 0.6 is 27.5 Å². The van der Waals surface area contributed by atoms with Gasteiger partial charge in [0.15, 0.2) is 0 Å². The molecule has 39 heavy (non-hydrogen) atoms. The first-order valence-electron chi connectivity index (χ1n) is 11.9. The van der Waals surface area contributed by atoms with Crippen LogP contribution in [0.15, 0.2) is 72.9 Å². The van der Waals surface area contributed by atoms with Gasteiger partial charge in [-0.2, -0.15) is 5.26 Å². The van der Waals surface area contributed by atoms with Crippen LogP contribution in [0.5, 0.6) is 11.5 Å². The third-order valence-corrected chi connectivity index (χ3v) is 6.16. The van der Waals surface area contributed by atoms with Crippen molar-refractivity contribution in [3.63, 3.8) is 0 Å². The minimum atomic E-state index is -0.342. The largest absolute Gasteiger partial charge is 0.492 e. The van der Waals surface area contributed by atoms with Gasteiger partial charge < -0.3 is 20.1 Å². The fourth-order valence-corrected chi connectivity index (χ4v) is 4.19. The number of nitrogens with zero attached hydrogens (tertiary/aromatic N) is 2. The number of alkyl halides is 1. The van der Waals surface area contributed by atoms with Gasteiger partial charge in [0.05, 0.1) is 34.1 Å². The predicted octanol–water partition coefficient (Wildman–Crippen LogP) is 7.51. The molecule has 0 fully saturated rings. The molecule has 3 aromatic carbocycles. The van der Waals surface area contributed by atoms with Crippen molar-refractivity contribution in [2.24, 2.45) is 0 Å². The number of pyridine rings is 1. The molecular weight excluding hydrogens is 587 g/mol. The van der Waals surface area contributed by atoms with E-state index in [-0.39, 0.29) is 18.3 Å². The Labute approximate surface area is 238 Å². The number of fused-ring (bicyclic) bond motifs is 1. The van der Waals surface area contributed by atoms with Crippen molar-refractivity contribution >= 4 is 61.4 Å². The van der Waals surface area contributed by atoms with Crippen LogP contribution in [0.1, 0.15) is 18.1 Å². The molecule has 0 bridgehead atoms. The second kappa shape index (κ2) is 13.1. The zero-order chi connectivity index (χ0) is 27.8. The summed E-state index contributed by atoms with van der Waals surface area (Å²) in [6.45, 7) is 2.38. The van der Waals surface area contributed by atoms with Gasteiger partial charge in [-0.1, -0.05) is 45.7 Å². The summed E-state index contributed by atoms with van der Waals surface area (Å²) in [6, 6.07) is 16.8. The number of nitrogens with one attached hydrogen (secondary N) is 2. The highest BCUT2D eigenvalue weighted by Crippen LogP contribution is 2.37. The van der Waals surface area contributed by atoms with Gasteiger partial charge in [0.2, 0.25) is 5.91 Å². The molecule has 10 heteroatoms. The lowest BCUT2D eigenvalue weighted by molar-refractivity contribution is -0.111. The van der Waals surface area contributed by atoms with Gasteiger partial charge in [-0.25, -0.2) is 4.39 Å². The third kappa shape index (κ3) is 7.05. The number of aromatic nitrogens is 1. The Kier molecular flexibility index (Phi) is 9.36. The van der Waals surface area contributed by atoms with E-state index in [1.807, 2.05) is 6.92 Å². The summed E-state index contributed by atoms with van der Waals surface area (Å²) in [5, 5.41) is 17.3. The summed E-state index contributed by atoms with van der Waals surface area (Å²) < 4.78 is 24.9. The van der Waals surface area contributed by atoms with Crippen molar-refractivity contribution in [2.45, 2.75) is 13.5 Å². The molecule has 0 aliphatic rings. The third-order valence-electron chi connectivity index (χ3n) is 5.49. The van der Waals surface area contributed by atoms with E-state index in [0.717, 1.165) is 0 Å². The van der Waals surface area contributed by atoms with Crippen LogP contribution in [0, 0.1) is 17.1 Å². The number of anilines is 3. The monoisotopic (exact) mass is 608 g/mol. The smallest absolute Gasteiger partial charge is 0.248 e. The quantitative estimate of drug-likeness (QED) is 0.143. The normalized spacial score (nSPS) is 10.8. The maximum atomic E-state index is 13.5. The molecule has 4 rings (SSSR count). The molecule has 1 heterocycles. The predicted molar refractivity (Wildman–Crippen MR) is 155 cm³/mol. The second-order valence-corrected chi connectivity index (χ2v) is 9.25. The molecule has 4 aromatic rings. The Morgan fingerprint density at radius 3 is 2.74 bits per heavy atom. The Morgan fingerprint density at radius 2 is 2.03 bits per heavy atom. The summed E-state index contributed by atoms with van der Waals surface area (Å²) in [7, 11) is 0. The minimum absolute atomic E-state index is 0.152. The topological polar surface area (TPSA) is 96.3 Å². The average Bonchev–Trinajstić information content (AvgIpc) is 2.92.